The molecule has 0 aliphatic heterocycles. The van der Waals surface area contributed by atoms with Crippen LogP contribution < -0.4 is 0 Å². The van der Waals surface area contributed by atoms with Crippen molar-refractivity contribution in [3.8, 4) is 0 Å². The van der Waals surface area contributed by atoms with Crippen molar-refractivity contribution in [2.24, 2.45) is 0 Å². The number of hydrogen-bond acceptors (Lipinski definition) is 1. The lowest BCUT2D eigenvalue weighted by molar-refractivity contribution is 0.0536. The summed E-state index contributed by atoms with van der Waals surface area (Å²) in [5.74, 6) is 0.0426. The summed E-state index contributed by atoms with van der Waals surface area (Å²) in [6.45, 7) is 0. The average Bonchev–Trinajstić information content (AvgIpc) is 2.16. The van der Waals surface area contributed by atoms with E-state index in [-0.39, 0.29) is 17.5 Å². The van der Waals surface area contributed by atoms with Gasteiger partial charge in [0.25, 0.3) is 0 Å². The first-order valence-electron chi connectivity index (χ1n) is 3.86. The maximum absolute atomic E-state index is 12.7. The van der Waals surface area contributed by atoms with Crippen molar-refractivity contribution in [1.82, 2.24) is 0 Å². The number of thioether (sulfide) groups is 1. The highest BCUT2D eigenvalue weighted by atomic mass is 35.5. The number of rotatable bonds is 4. The van der Waals surface area contributed by atoms with Crippen molar-refractivity contribution in [1.29, 1.82) is 0 Å². The molecule has 0 fully saturated rings. The highest BCUT2D eigenvalue weighted by Crippen LogP contribution is 2.38. The molecule has 0 heterocycles. The lowest BCUT2D eigenvalue weighted by Crippen LogP contribution is -2.20. The molecule has 0 aliphatic rings. The van der Waals surface area contributed by atoms with Crippen LogP contribution in [0.3, 0.4) is 0 Å². The predicted molar refractivity (Wildman–Crippen MR) is 53.4 cm³/mol. The zero-order chi connectivity index (χ0) is 10.6. The summed E-state index contributed by atoms with van der Waals surface area (Å²) >= 11 is 4.90. The molecule has 0 saturated carbocycles. The molecule has 0 spiro atoms. The molecule has 5 heteroatoms. The van der Waals surface area contributed by atoms with Gasteiger partial charge in [0.2, 0.25) is 5.63 Å². The third-order valence-electron chi connectivity index (χ3n) is 1.53. The molecule has 0 aromatic heterocycles. The highest BCUT2D eigenvalue weighted by Gasteiger charge is 2.39. The van der Waals surface area contributed by atoms with Gasteiger partial charge >= 0.3 is 5.25 Å². The number of halogens is 4. The van der Waals surface area contributed by atoms with Crippen LogP contribution in [0.2, 0.25) is 0 Å². The topological polar surface area (TPSA) is 0 Å². The van der Waals surface area contributed by atoms with E-state index in [1.807, 2.05) is 0 Å². The third kappa shape index (κ3) is 3.42. The van der Waals surface area contributed by atoms with Crippen LogP contribution in [0, 0.1) is 0 Å². The second kappa shape index (κ2) is 4.94. The molecule has 78 valence electrons. The van der Waals surface area contributed by atoms with Crippen LogP contribution in [0.5, 0.6) is 0 Å². The van der Waals surface area contributed by atoms with Gasteiger partial charge in [-0.05, 0) is 5.56 Å². The molecule has 0 saturated heterocycles. The average molecular weight is 241 g/mol. The van der Waals surface area contributed by atoms with Crippen LogP contribution in [0.15, 0.2) is 30.3 Å². The highest BCUT2D eigenvalue weighted by molar-refractivity contribution is 7.99. The number of hydrogen-bond donors (Lipinski definition) is 0. The Morgan fingerprint density at radius 3 is 2.36 bits per heavy atom. The van der Waals surface area contributed by atoms with Crippen molar-refractivity contribution in [2.75, 3.05) is 0 Å². The van der Waals surface area contributed by atoms with E-state index < -0.39 is 10.9 Å². The normalized spacial score (nSPS) is 14.0. The Balaban J connectivity index is 2.49. The number of benzene rings is 1. The van der Waals surface area contributed by atoms with Crippen molar-refractivity contribution < 1.29 is 13.2 Å². The Morgan fingerprint density at radius 1 is 1.29 bits per heavy atom. The molecule has 1 unspecified atom stereocenters. The minimum atomic E-state index is -3.53. The largest absolute Gasteiger partial charge is 0.338 e. The summed E-state index contributed by atoms with van der Waals surface area (Å²) in [4.78, 5) is 0. The molecular formula is C9H8ClF3S. The summed E-state index contributed by atoms with van der Waals surface area (Å²) in [5, 5.41) is -3.53. The maximum atomic E-state index is 12.7. The Kier molecular flexibility index (Phi) is 4.13. The van der Waals surface area contributed by atoms with Crippen molar-refractivity contribution in [2.45, 2.75) is 16.6 Å². The zero-order valence-electron chi connectivity index (χ0n) is 7.09. The fourth-order valence-corrected chi connectivity index (χ4v) is 1.68. The van der Waals surface area contributed by atoms with Crippen LogP contribution in [0.1, 0.15) is 5.56 Å². The fourth-order valence-electron chi connectivity index (χ4n) is 0.817. The van der Waals surface area contributed by atoms with Crippen molar-refractivity contribution in [3.05, 3.63) is 35.9 Å². The fraction of sp³-hybridized carbons (Fsp3) is 0.333. The summed E-state index contributed by atoms with van der Waals surface area (Å²) in [5.41, 5.74) is -1.93. The molecule has 0 radical (unpaired) electrons. The van der Waals surface area contributed by atoms with E-state index in [0.717, 1.165) is 5.56 Å². The van der Waals surface area contributed by atoms with E-state index >= 15 is 0 Å². The zero-order valence-corrected chi connectivity index (χ0v) is 8.66. The first kappa shape index (κ1) is 11.7. The standard InChI is InChI=1S/C9H8ClF3S/c10-8(11)9(12,13)14-6-7-4-2-1-3-5-7/h1-5,8H,6H2. The van der Waals surface area contributed by atoms with E-state index in [1.54, 1.807) is 30.3 Å². The summed E-state index contributed by atoms with van der Waals surface area (Å²) in [6.07, 6.45) is 0. The first-order valence-corrected chi connectivity index (χ1v) is 5.28. The molecule has 0 aliphatic carbocycles. The minimum Gasteiger partial charge on any atom is -0.222 e. The van der Waals surface area contributed by atoms with Gasteiger partial charge in [-0.25, -0.2) is 4.39 Å². The Labute approximate surface area is 89.4 Å². The van der Waals surface area contributed by atoms with Crippen LogP contribution in [0.4, 0.5) is 13.2 Å². The second-order valence-corrected chi connectivity index (χ2v) is 4.14. The third-order valence-corrected chi connectivity index (χ3v) is 3.00. The summed E-state index contributed by atoms with van der Waals surface area (Å²) < 4.78 is 37.6. The summed E-state index contributed by atoms with van der Waals surface area (Å²) in [6, 6.07) is 8.66. The van der Waals surface area contributed by atoms with Gasteiger partial charge in [0.05, 0.1) is 0 Å². The monoisotopic (exact) mass is 240 g/mol. The Hall–Kier alpha value is -0.350. The lowest BCUT2D eigenvalue weighted by atomic mass is 10.2. The van der Waals surface area contributed by atoms with Crippen molar-refractivity contribution >= 4 is 23.4 Å². The summed E-state index contributed by atoms with van der Waals surface area (Å²) in [7, 11) is 0. The van der Waals surface area contributed by atoms with Gasteiger partial charge < -0.3 is 0 Å². The smallest absolute Gasteiger partial charge is 0.222 e. The molecule has 1 aromatic carbocycles. The van der Waals surface area contributed by atoms with Crippen LogP contribution in [-0.4, -0.2) is 10.9 Å². The van der Waals surface area contributed by atoms with Gasteiger partial charge in [-0.2, -0.15) is 8.78 Å². The van der Waals surface area contributed by atoms with E-state index in [9.17, 15) is 13.2 Å². The second-order valence-electron chi connectivity index (χ2n) is 2.64. The van der Waals surface area contributed by atoms with E-state index in [0.29, 0.717) is 0 Å². The molecule has 1 aromatic rings. The van der Waals surface area contributed by atoms with Gasteiger partial charge in [-0.15, -0.1) is 0 Å². The maximum Gasteiger partial charge on any atom is 0.338 e. The van der Waals surface area contributed by atoms with Crippen LogP contribution >= 0.6 is 23.4 Å². The van der Waals surface area contributed by atoms with Gasteiger partial charge in [0.15, 0.2) is 0 Å². The van der Waals surface area contributed by atoms with Gasteiger partial charge in [0.1, 0.15) is 0 Å². The molecule has 1 rings (SSSR count). The molecule has 14 heavy (non-hydrogen) atoms. The Morgan fingerprint density at radius 2 is 1.86 bits per heavy atom. The first-order chi connectivity index (χ1) is 6.52. The molecule has 0 amide bonds. The molecule has 1 atom stereocenters. The van der Waals surface area contributed by atoms with Crippen molar-refractivity contribution in [3.63, 3.8) is 0 Å². The van der Waals surface area contributed by atoms with Crippen LogP contribution in [0.25, 0.3) is 0 Å². The van der Waals surface area contributed by atoms with Gasteiger partial charge in [-0.3, -0.25) is 0 Å². The molecule has 0 nitrogen and oxygen atoms in total. The van der Waals surface area contributed by atoms with E-state index in [1.165, 1.54) is 0 Å². The molecule has 0 bridgehead atoms. The van der Waals surface area contributed by atoms with E-state index in [2.05, 4.69) is 0 Å². The SMILES string of the molecule is FC(Cl)C(F)(F)SCc1ccccc1. The predicted octanol–water partition coefficient (Wildman–Crippen LogP) is 4.05. The van der Waals surface area contributed by atoms with Gasteiger partial charge in [-0.1, -0.05) is 53.7 Å². The Bertz CT molecular complexity index is 277. The molecule has 0 N–H and O–H groups in total. The lowest BCUT2D eigenvalue weighted by Gasteiger charge is -2.14. The quantitative estimate of drug-likeness (QED) is 0.716. The number of alkyl halides is 4. The van der Waals surface area contributed by atoms with Crippen LogP contribution in [-0.2, 0) is 5.75 Å². The minimum absolute atomic E-state index is 0.0426. The molecular weight excluding hydrogens is 233 g/mol. The van der Waals surface area contributed by atoms with Gasteiger partial charge in [0, 0.05) is 5.75 Å². The van der Waals surface area contributed by atoms with E-state index in [4.69, 9.17) is 11.6 Å².